The lowest BCUT2D eigenvalue weighted by molar-refractivity contribution is 0.0920. The molecule has 0 amide bonds. The summed E-state index contributed by atoms with van der Waals surface area (Å²) in [5.41, 5.74) is 1.17. The van der Waals surface area contributed by atoms with E-state index in [4.69, 9.17) is 9.47 Å². The van der Waals surface area contributed by atoms with Crippen molar-refractivity contribution in [2.75, 3.05) is 26.4 Å². The van der Waals surface area contributed by atoms with Gasteiger partial charge >= 0.3 is 0 Å². The van der Waals surface area contributed by atoms with E-state index >= 15 is 0 Å². The van der Waals surface area contributed by atoms with Gasteiger partial charge in [0.25, 0.3) is 0 Å². The minimum atomic E-state index is 0.583. The molecule has 1 aromatic rings. The van der Waals surface area contributed by atoms with Gasteiger partial charge in [0.05, 0.1) is 11.1 Å². The molecule has 0 aliphatic rings. The molecule has 0 fully saturated rings. The molecular weight excluding hydrogens is 318 g/mol. The summed E-state index contributed by atoms with van der Waals surface area (Å²) in [6, 6.07) is 6.12. The fourth-order valence-corrected chi connectivity index (χ4v) is 2.26. The van der Waals surface area contributed by atoms with Crippen LogP contribution in [0.2, 0.25) is 0 Å². The van der Waals surface area contributed by atoms with Crippen molar-refractivity contribution in [2.45, 2.75) is 33.7 Å². The third kappa shape index (κ3) is 6.73. The Hall–Kier alpha value is -0.580. The average molecular weight is 344 g/mol. The number of nitrogens with one attached hydrogen (secondary N) is 1. The monoisotopic (exact) mass is 343 g/mol. The van der Waals surface area contributed by atoms with Gasteiger partial charge in [-0.15, -0.1) is 0 Å². The fourth-order valence-electron chi connectivity index (χ4n) is 1.74. The molecule has 1 rings (SSSR count). The van der Waals surface area contributed by atoms with E-state index in [1.54, 1.807) is 0 Å². The lowest BCUT2D eigenvalue weighted by atomic mass is 10.1. The third-order valence-electron chi connectivity index (χ3n) is 2.93. The van der Waals surface area contributed by atoms with Gasteiger partial charge in [0, 0.05) is 18.7 Å². The Balaban J connectivity index is 2.38. The number of ether oxygens (including phenoxy) is 2. The van der Waals surface area contributed by atoms with Gasteiger partial charge in [-0.1, -0.05) is 32.9 Å². The molecule has 114 valence electrons. The van der Waals surface area contributed by atoms with Gasteiger partial charge in [-0.25, -0.2) is 0 Å². The van der Waals surface area contributed by atoms with Gasteiger partial charge in [-0.2, -0.15) is 0 Å². The molecule has 0 bridgehead atoms. The van der Waals surface area contributed by atoms with Gasteiger partial charge in [-0.3, -0.25) is 0 Å². The molecule has 0 aromatic heterocycles. The van der Waals surface area contributed by atoms with Gasteiger partial charge in [-0.05, 0) is 40.9 Å². The normalized spacial score (nSPS) is 11.1. The highest BCUT2D eigenvalue weighted by atomic mass is 79.9. The minimum Gasteiger partial charge on any atom is -0.490 e. The van der Waals surface area contributed by atoms with Crippen molar-refractivity contribution in [3.8, 4) is 5.75 Å². The standard InChI is InChI=1S/C16H26BrNO2/c1-4-18-12-14-6-5-7-15(17)16(14)20-11-10-19-9-8-13(2)3/h5-7,13,18H,4,8-12H2,1-3H3. The van der Waals surface area contributed by atoms with Crippen LogP contribution in [0.1, 0.15) is 32.8 Å². The van der Waals surface area contributed by atoms with Crippen molar-refractivity contribution in [2.24, 2.45) is 5.92 Å². The van der Waals surface area contributed by atoms with Crippen LogP contribution in [-0.4, -0.2) is 26.4 Å². The number of hydrogen-bond donors (Lipinski definition) is 1. The molecular formula is C16H26BrNO2. The average Bonchev–Trinajstić information content (AvgIpc) is 2.42. The quantitative estimate of drug-likeness (QED) is 0.651. The highest BCUT2D eigenvalue weighted by Crippen LogP contribution is 2.29. The maximum Gasteiger partial charge on any atom is 0.138 e. The van der Waals surface area contributed by atoms with Crippen LogP contribution in [0, 0.1) is 5.92 Å². The van der Waals surface area contributed by atoms with E-state index in [1.165, 1.54) is 5.56 Å². The number of para-hydroxylation sites is 1. The highest BCUT2D eigenvalue weighted by Gasteiger charge is 2.07. The molecule has 3 nitrogen and oxygen atoms in total. The lowest BCUT2D eigenvalue weighted by Gasteiger charge is -2.14. The molecule has 1 aromatic carbocycles. The van der Waals surface area contributed by atoms with Crippen LogP contribution in [0.25, 0.3) is 0 Å². The molecule has 1 N–H and O–H groups in total. The molecule has 0 saturated carbocycles. The van der Waals surface area contributed by atoms with Crippen molar-refractivity contribution in [3.63, 3.8) is 0 Å². The Bertz CT molecular complexity index is 383. The Morgan fingerprint density at radius 3 is 2.70 bits per heavy atom. The smallest absolute Gasteiger partial charge is 0.138 e. The second-order valence-electron chi connectivity index (χ2n) is 5.15. The molecule has 0 atom stereocenters. The summed E-state index contributed by atoms with van der Waals surface area (Å²) in [6.07, 6.45) is 1.10. The number of halogens is 1. The Kier molecular flexibility index (Phi) is 8.90. The van der Waals surface area contributed by atoms with Crippen molar-refractivity contribution in [3.05, 3.63) is 28.2 Å². The summed E-state index contributed by atoms with van der Waals surface area (Å²) >= 11 is 3.55. The van der Waals surface area contributed by atoms with E-state index in [0.717, 1.165) is 36.3 Å². The van der Waals surface area contributed by atoms with E-state index in [-0.39, 0.29) is 0 Å². The van der Waals surface area contributed by atoms with Crippen LogP contribution in [0.4, 0.5) is 0 Å². The summed E-state index contributed by atoms with van der Waals surface area (Å²) in [7, 11) is 0. The predicted molar refractivity (Wildman–Crippen MR) is 87.3 cm³/mol. The molecule has 0 spiro atoms. The first-order valence-electron chi connectivity index (χ1n) is 7.33. The Morgan fingerprint density at radius 1 is 1.20 bits per heavy atom. The molecule has 4 heteroatoms. The predicted octanol–water partition coefficient (Wildman–Crippen LogP) is 4.00. The molecule has 0 aliphatic heterocycles. The van der Waals surface area contributed by atoms with Crippen molar-refractivity contribution in [1.82, 2.24) is 5.32 Å². The maximum atomic E-state index is 5.86. The van der Waals surface area contributed by atoms with E-state index in [1.807, 2.05) is 12.1 Å². The summed E-state index contributed by atoms with van der Waals surface area (Å²) in [5, 5.41) is 3.32. The zero-order valence-corrected chi connectivity index (χ0v) is 14.3. The zero-order chi connectivity index (χ0) is 14.8. The Labute approximate surface area is 131 Å². The molecule has 0 unspecified atom stereocenters. The first kappa shape index (κ1) is 17.5. The maximum absolute atomic E-state index is 5.86. The van der Waals surface area contributed by atoms with Crippen molar-refractivity contribution in [1.29, 1.82) is 0 Å². The van der Waals surface area contributed by atoms with E-state index in [2.05, 4.69) is 48.1 Å². The number of rotatable bonds is 10. The SMILES string of the molecule is CCNCc1cccc(Br)c1OCCOCCC(C)C. The summed E-state index contributed by atoms with van der Waals surface area (Å²) < 4.78 is 12.4. The van der Waals surface area contributed by atoms with E-state index in [0.29, 0.717) is 19.1 Å². The van der Waals surface area contributed by atoms with Gasteiger partial charge in [0.2, 0.25) is 0 Å². The van der Waals surface area contributed by atoms with Crippen LogP contribution >= 0.6 is 15.9 Å². The van der Waals surface area contributed by atoms with Crippen molar-refractivity contribution < 1.29 is 9.47 Å². The van der Waals surface area contributed by atoms with Crippen LogP contribution in [0.3, 0.4) is 0 Å². The Morgan fingerprint density at radius 2 is 2.00 bits per heavy atom. The molecule has 0 radical (unpaired) electrons. The lowest BCUT2D eigenvalue weighted by Crippen LogP contribution is -2.14. The van der Waals surface area contributed by atoms with Gasteiger partial charge in [0.15, 0.2) is 0 Å². The second-order valence-corrected chi connectivity index (χ2v) is 6.01. The van der Waals surface area contributed by atoms with Crippen LogP contribution in [0.5, 0.6) is 5.75 Å². The highest BCUT2D eigenvalue weighted by molar-refractivity contribution is 9.10. The molecule has 20 heavy (non-hydrogen) atoms. The third-order valence-corrected chi connectivity index (χ3v) is 3.55. The topological polar surface area (TPSA) is 30.5 Å². The number of benzene rings is 1. The minimum absolute atomic E-state index is 0.583. The van der Waals surface area contributed by atoms with Gasteiger partial charge in [0.1, 0.15) is 12.4 Å². The molecule has 0 aliphatic carbocycles. The summed E-state index contributed by atoms with van der Waals surface area (Å²) in [6.45, 7) is 10.3. The second kappa shape index (κ2) is 10.2. The number of hydrogen-bond acceptors (Lipinski definition) is 3. The largest absolute Gasteiger partial charge is 0.490 e. The zero-order valence-electron chi connectivity index (χ0n) is 12.7. The first-order chi connectivity index (χ1) is 9.65. The summed E-state index contributed by atoms with van der Waals surface area (Å²) in [5.74, 6) is 1.60. The van der Waals surface area contributed by atoms with E-state index in [9.17, 15) is 0 Å². The van der Waals surface area contributed by atoms with Crippen LogP contribution in [-0.2, 0) is 11.3 Å². The van der Waals surface area contributed by atoms with Crippen LogP contribution < -0.4 is 10.1 Å². The molecule has 0 saturated heterocycles. The summed E-state index contributed by atoms with van der Waals surface area (Å²) in [4.78, 5) is 0. The van der Waals surface area contributed by atoms with E-state index < -0.39 is 0 Å². The van der Waals surface area contributed by atoms with Gasteiger partial charge < -0.3 is 14.8 Å². The van der Waals surface area contributed by atoms with Crippen molar-refractivity contribution >= 4 is 15.9 Å². The van der Waals surface area contributed by atoms with Crippen LogP contribution in [0.15, 0.2) is 22.7 Å². The fraction of sp³-hybridized carbons (Fsp3) is 0.625. The first-order valence-corrected chi connectivity index (χ1v) is 8.13. The molecule has 0 heterocycles.